The summed E-state index contributed by atoms with van der Waals surface area (Å²) in [4.78, 5) is 0. The van der Waals surface area contributed by atoms with E-state index >= 15 is 0 Å². The number of nitrogens with zero attached hydrogens (tertiary/aromatic N) is 1. The molecule has 0 spiro atoms. The summed E-state index contributed by atoms with van der Waals surface area (Å²) >= 11 is 0. The molecular formula is C16H19NSi. The molecule has 92 valence electrons. The predicted molar refractivity (Wildman–Crippen MR) is 81.1 cm³/mol. The quantitative estimate of drug-likeness (QED) is 0.743. The molecule has 0 saturated carbocycles. The van der Waals surface area contributed by atoms with E-state index < -0.39 is 8.24 Å². The summed E-state index contributed by atoms with van der Waals surface area (Å²) in [6.45, 7) is 6.07. The molecule has 1 aliphatic heterocycles. The third-order valence-corrected chi connectivity index (χ3v) is 7.60. The molecule has 0 radical (unpaired) electrons. The average molecular weight is 253 g/mol. The van der Waals surface area contributed by atoms with Gasteiger partial charge in [0.2, 0.25) is 0 Å². The van der Waals surface area contributed by atoms with Crippen molar-refractivity contribution in [2.24, 2.45) is 0 Å². The molecule has 2 aromatic carbocycles. The van der Waals surface area contributed by atoms with E-state index in [0.717, 1.165) is 0 Å². The molecule has 2 heteroatoms. The number of benzene rings is 2. The van der Waals surface area contributed by atoms with Crippen LogP contribution in [0.15, 0.2) is 54.6 Å². The van der Waals surface area contributed by atoms with Crippen LogP contribution in [0.2, 0.25) is 13.1 Å². The Balaban J connectivity index is 2.02. The zero-order valence-corrected chi connectivity index (χ0v) is 12.1. The van der Waals surface area contributed by atoms with Gasteiger partial charge in [-0.2, -0.15) is 0 Å². The maximum Gasteiger partial charge on any atom is 0.182 e. The van der Waals surface area contributed by atoms with Crippen LogP contribution in [-0.4, -0.2) is 14.8 Å². The number of hydrogen-bond donors (Lipinski definition) is 0. The minimum Gasteiger partial charge on any atom is -0.393 e. The molecule has 0 saturated heterocycles. The van der Waals surface area contributed by atoms with E-state index in [1.54, 1.807) is 0 Å². The van der Waals surface area contributed by atoms with E-state index in [9.17, 15) is 0 Å². The van der Waals surface area contributed by atoms with Gasteiger partial charge in [-0.1, -0.05) is 48.5 Å². The van der Waals surface area contributed by atoms with Crippen LogP contribution in [0.25, 0.3) is 0 Å². The van der Waals surface area contributed by atoms with Crippen LogP contribution >= 0.6 is 0 Å². The number of hydrogen-bond acceptors (Lipinski definition) is 1. The Morgan fingerprint density at radius 1 is 0.889 bits per heavy atom. The van der Waals surface area contributed by atoms with E-state index in [1.807, 2.05) is 0 Å². The van der Waals surface area contributed by atoms with E-state index in [-0.39, 0.29) is 0 Å². The highest BCUT2D eigenvalue weighted by Gasteiger charge is 2.35. The molecule has 0 unspecified atom stereocenters. The normalized spacial score (nSPS) is 14.7. The van der Waals surface area contributed by atoms with E-state index in [2.05, 4.69) is 72.3 Å². The Bertz CT molecular complexity index is 548. The van der Waals surface area contributed by atoms with Gasteiger partial charge in [0.1, 0.15) is 0 Å². The number of fused-ring (bicyclic) bond motifs is 1. The van der Waals surface area contributed by atoms with E-state index in [1.165, 1.54) is 29.4 Å². The van der Waals surface area contributed by atoms with Gasteiger partial charge in [0.15, 0.2) is 8.24 Å². The van der Waals surface area contributed by atoms with Gasteiger partial charge in [-0.15, -0.1) is 0 Å². The minimum absolute atomic E-state index is 1.17. The minimum atomic E-state index is -1.56. The largest absolute Gasteiger partial charge is 0.393 e. The fraction of sp³-hybridized carbons (Fsp3) is 0.250. The Morgan fingerprint density at radius 3 is 2.33 bits per heavy atom. The number of para-hydroxylation sites is 1. The first-order valence-corrected chi connectivity index (χ1v) is 9.55. The Morgan fingerprint density at radius 2 is 1.56 bits per heavy atom. The highest BCUT2D eigenvalue weighted by molar-refractivity contribution is 6.92. The van der Waals surface area contributed by atoms with Crippen LogP contribution in [0, 0.1) is 0 Å². The molecule has 2 aromatic rings. The molecule has 0 fully saturated rings. The second kappa shape index (κ2) is 4.29. The molecule has 1 heterocycles. The van der Waals surface area contributed by atoms with Gasteiger partial charge in [0, 0.05) is 12.2 Å². The molecule has 0 amide bonds. The molecule has 0 aromatic heterocycles. The highest BCUT2D eigenvalue weighted by atomic mass is 28.3. The lowest BCUT2D eigenvalue weighted by Gasteiger charge is -2.36. The summed E-state index contributed by atoms with van der Waals surface area (Å²) in [6, 6.07) is 19.8. The zero-order chi connectivity index (χ0) is 12.6. The molecule has 18 heavy (non-hydrogen) atoms. The van der Waals surface area contributed by atoms with Gasteiger partial charge < -0.3 is 4.57 Å². The van der Waals surface area contributed by atoms with E-state index in [0.29, 0.717) is 0 Å². The second-order valence-electron chi connectivity index (χ2n) is 5.46. The molecule has 0 aliphatic carbocycles. The second-order valence-corrected chi connectivity index (χ2v) is 9.69. The lowest BCUT2D eigenvalue weighted by molar-refractivity contribution is 1.02. The molecule has 0 bridgehead atoms. The van der Waals surface area contributed by atoms with Gasteiger partial charge in [-0.3, -0.25) is 0 Å². The summed E-state index contributed by atoms with van der Waals surface area (Å²) in [7, 11) is -1.56. The third kappa shape index (κ3) is 1.77. The van der Waals surface area contributed by atoms with Gasteiger partial charge in [-0.25, -0.2) is 0 Å². The zero-order valence-electron chi connectivity index (χ0n) is 11.1. The van der Waals surface area contributed by atoms with Gasteiger partial charge in [0.25, 0.3) is 0 Å². The van der Waals surface area contributed by atoms with Crippen LogP contribution in [0.3, 0.4) is 0 Å². The molecular weight excluding hydrogens is 234 g/mol. The van der Waals surface area contributed by atoms with Crippen LogP contribution in [0.4, 0.5) is 5.69 Å². The molecule has 0 atom stereocenters. The summed E-state index contributed by atoms with van der Waals surface area (Å²) in [5.74, 6) is 0. The first kappa shape index (κ1) is 11.5. The predicted octanol–water partition coefficient (Wildman–Crippen LogP) is 3.16. The lowest BCUT2D eigenvalue weighted by atomic mass is 10.2. The van der Waals surface area contributed by atoms with Gasteiger partial charge in [0.05, 0.1) is 0 Å². The van der Waals surface area contributed by atoms with Crippen molar-refractivity contribution < 1.29 is 0 Å². The number of rotatable bonds is 2. The van der Waals surface area contributed by atoms with Gasteiger partial charge in [-0.05, 0) is 36.3 Å². The first-order valence-electron chi connectivity index (χ1n) is 6.61. The van der Waals surface area contributed by atoms with Crippen LogP contribution in [0.1, 0.15) is 5.56 Å². The molecule has 3 rings (SSSR count). The average Bonchev–Trinajstić information content (AvgIpc) is 2.84. The monoisotopic (exact) mass is 253 g/mol. The molecule has 0 N–H and O–H groups in total. The SMILES string of the molecule is C[Si](C)(c1ccccc1)N1CCc2ccccc21. The van der Waals surface area contributed by atoms with Crippen molar-refractivity contribution in [3.05, 3.63) is 60.2 Å². The molecule has 1 nitrogen and oxygen atoms in total. The summed E-state index contributed by atoms with van der Waals surface area (Å²) < 4.78 is 2.66. The Kier molecular flexibility index (Phi) is 2.75. The maximum atomic E-state index is 2.66. The summed E-state index contributed by atoms with van der Waals surface area (Å²) in [5, 5.41) is 1.52. The van der Waals surface area contributed by atoms with Crippen LogP contribution in [-0.2, 0) is 6.42 Å². The lowest BCUT2D eigenvalue weighted by Crippen LogP contribution is -2.57. The standard InChI is InChI=1S/C16H19NSi/c1-18(2,15-9-4-3-5-10-15)17-13-12-14-8-6-7-11-16(14)17/h3-11H,12-13H2,1-2H3. The highest BCUT2D eigenvalue weighted by Crippen LogP contribution is 2.31. The third-order valence-electron chi connectivity index (χ3n) is 4.04. The van der Waals surface area contributed by atoms with Gasteiger partial charge >= 0.3 is 0 Å². The fourth-order valence-corrected chi connectivity index (χ4v) is 5.73. The van der Waals surface area contributed by atoms with Crippen molar-refractivity contribution >= 4 is 19.1 Å². The van der Waals surface area contributed by atoms with Crippen molar-refractivity contribution in [3.63, 3.8) is 0 Å². The van der Waals surface area contributed by atoms with Crippen molar-refractivity contribution in [2.75, 3.05) is 11.1 Å². The van der Waals surface area contributed by atoms with E-state index in [4.69, 9.17) is 0 Å². The first-order chi connectivity index (χ1) is 8.69. The number of anilines is 1. The summed E-state index contributed by atoms with van der Waals surface area (Å²) in [6.07, 6.45) is 1.19. The van der Waals surface area contributed by atoms with Crippen LogP contribution < -0.4 is 9.75 Å². The topological polar surface area (TPSA) is 3.24 Å². The van der Waals surface area contributed by atoms with Crippen LogP contribution in [0.5, 0.6) is 0 Å². The smallest absolute Gasteiger partial charge is 0.182 e. The summed E-state index contributed by atoms with van der Waals surface area (Å²) in [5.41, 5.74) is 2.96. The molecule has 1 aliphatic rings. The van der Waals surface area contributed by atoms with Crippen molar-refractivity contribution in [2.45, 2.75) is 19.5 Å². The Labute approximate surface area is 110 Å². The maximum absolute atomic E-state index is 2.66. The fourth-order valence-electron chi connectivity index (χ4n) is 2.92. The van der Waals surface area contributed by atoms with Crippen molar-refractivity contribution in [3.8, 4) is 0 Å². The van der Waals surface area contributed by atoms with Crippen molar-refractivity contribution in [1.29, 1.82) is 0 Å². The van der Waals surface area contributed by atoms with Crippen molar-refractivity contribution in [1.82, 2.24) is 0 Å². The Hall–Kier alpha value is -1.54.